The Morgan fingerprint density at radius 3 is 2.56 bits per heavy atom. The zero-order chi connectivity index (χ0) is 17.9. The van der Waals surface area contributed by atoms with E-state index in [1.165, 1.54) is 18.4 Å². The molecule has 1 aliphatic rings. The molecule has 1 aliphatic carbocycles. The van der Waals surface area contributed by atoms with E-state index in [1.54, 1.807) is 0 Å². The van der Waals surface area contributed by atoms with Crippen LogP contribution in [0.3, 0.4) is 0 Å². The maximum Gasteiger partial charge on any atom is 0.214 e. The summed E-state index contributed by atoms with van der Waals surface area (Å²) >= 11 is 0. The number of aromatic nitrogens is 4. The fourth-order valence-electron chi connectivity index (χ4n) is 3.37. The van der Waals surface area contributed by atoms with Gasteiger partial charge >= 0.3 is 0 Å². The summed E-state index contributed by atoms with van der Waals surface area (Å²) in [6, 6.07) is 7.97. The fraction of sp³-hybridized carbons (Fsp3) is 0.333. The zero-order valence-electron chi connectivity index (χ0n) is 15.6. The van der Waals surface area contributed by atoms with Gasteiger partial charge in [-0.05, 0) is 62.8 Å². The minimum Gasteiger partial charge on any atom is -0.471 e. The van der Waals surface area contributed by atoms with E-state index in [0.717, 1.165) is 46.9 Å². The number of rotatable bonds is 4. The molecular formula is C21H23ClN4O. The van der Waals surface area contributed by atoms with Gasteiger partial charge in [-0.3, -0.25) is 4.98 Å². The molecule has 4 rings (SSSR count). The SMILES string of the molecule is Cc1cccc(COc2cc(-c3cnc(C)nc3)c3c(n2)CCCC3)n1.Cl. The van der Waals surface area contributed by atoms with Gasteiger partial charge in [0.2, 0.25) is 5.88 Å². The summed E-state index contributed by atoms with van der Waals surface area (Å²) in [4.78, 5) is 18.0. The van der Waals surface area contributed by atoms with E-state index < -0.39 is 0 Å². The molecule has 3 aromatic rings. The van der Waals surface area contributed by atoms with Crippen molar-refractivity contribution in [3.8, 4) is 17.0 Å². The number of hydrogen-bond donors (Lipinski definition) is 0. The van der Waals surface area contributed by atoms with Crippen LogP contribution in [0.15, 0.2) is 36.7 Å². The Morgan fingerprint density at radius 1 is 1.00 bits per heavy atom. The summed E-state index contributed by atoms with van der Waals surface area (Å²) in [5.74, 6) is 1.42. The highest BCUT2D eigenvalue weighted by molar-refractivity contribution is 5.85. The summed E-state index contributed by atoms with van der Waals surface area (Å²) in [6.07, 6.45) is 8.19. The van der Waals surface area contributed by atoms with Crippen molar-refractivity contribution in [1.82, 2.24) is 19.9 Å². The molecular weight excluding hydrogens is 360 g/mol. The first-order valence-corrected chi connectivity index (χ1v) is 9.06. The van der Waals surface area contributed by atoms with Crippen LogP contribution >= 0.6 is 12.4 Å². The molecule has 0 amide bonds. The average Bonchev–Trinajstić information content (AvgIpc) is 2.66. The molecule has 5 nitrogen and oxygen atoms in total. The lowest BCUT2D eigenvalue weighted by molar-refractivity contribution is 0.288. The Bertz CT molecular complexity index is 928. The molecule has 0 fully saturated rings. The first-order valence-electron chi connectivity index (χ1n) is 9.06. The zero-order valence-corrected chi connectivity index (χ0v) is 16.4. The minimum absolute atomic E-state index is 0. The van der Waals surface area contributed by atoms with Crippen LogP contribution in [-0.4, -0.2) is 19.9 Å². The maximum absolute atomic E-state index is 5.98. The summed E-state index contributed by atoms with van der Waals surface area (Å²) in [5.41, 5.74) is 6.51. The smallest absolute Gasteiger partial charge is 0.214 e. The van der Waals surface area contributed by atoms with Gasteiger partial charge in [-0.15, -0.1) is 12.4 Å². The highest BCUT2D eigenvalue weighted by Crippen LogP contribution is 2.33. The van der Waals surface area contributed by atoms with Crippen molar-refractivity contribution in [2.75, 3.05) is 0 Å². The van der Waals surface area contributed by atoms with Crippen molar-refractivity contribution >= 4 is 12.4 Å². The monoisotopic (exact) mass is 382 g/mol. The van der Waals surface area contributed by atoms with Gasteiger partial charge in [-0.25, -0.2) is 15.0 Å². The largest absolute Gasteiger partial charge is 0.471 e. The summed E-state index contributed by atoms with van der Waals surface area (Å²) in [7, 11) is 0. The normalized spacial score (nSPS) is 12.8. The highest BCUT2D eigenvalue weighted by Gasteiger charge is 2.18. The number of fused-ring (bicyclic) bond motifs is 1. The van der Waals surface area contributed by atoms with Gasteiger partial charge in [0.15, 0.2) is 0 Å². The van der Waals surface area contributed by atoms with Crippen molar-refractivity contribution in [1.29, 1.82) is 0 Å². The number of nitrogens with zero attached hydrogens (tertiary/aromatic N) is 4. The van der Waals surface area contributed by atoms with Gasteiger partial charge in [0.05, 0.1) is 5.69 Å². The van der Waals surface area contributed by atoms with Crippen LogP contribution in [0.5, 0.6) is 5.88 Å². The Morgan fingerprint density at radius 2 is 1.78 bits per heavy atom. The second-order valence-corrected chi connectivity index (χ2v) is 6.72. The lowest BCUT2D eigenvalue weighted by atomic mass is 9.90. The molecule has 3 heterocycles. The molecule has 0 spiro atoms. The molecule has 0 atom stereocenters. The topological polar surface area (TPSA) is 60.8 Å². The van der Waals surface area contributed by atoms with Crippen molar-refractivity contribution in [2.45, 2.75) is 46.1 Å². The van der Waals surface area contributed by atoms with E-state index in [1.807, 2.05) is 50.5 Å². The van der Waals surface area contributed by atoms with Gasteiger partial charge in [0.1, 0.15) is 12.4 Å². The quantitative estimate of drug-likeness (QED) is 0.668. The molecule has 0 bridgehead atoms. The van der Waals surface area contributed by atoms with Crippen LogP contribution in [0.2, 0.25) is 0 Å². The Hall–Kier alpha value is -2.53. The molecule has 0 radical (unpaired) electrons. The average molecular weight is 383 g/mol. The van der Waals surface area contributed by atoms with E-state index in [4.69, 9.17) is 9.72 Å². The number of pyridine rings is 2. The van der Waals surface area contributed by atoms with Crippen LogP contribution < -0.4 is 4.74 Å². The third kappa shape index (κ3) is 4.42. The van der Waals surface area contributed by atoms with E-state index in [2.05, 4.69) is 15.0 Å². The lowest BCUT2D eigenvalue weighted by Gasteiger charge is -2.20. The van der Waals surface area contributed by atoms with Gasteiger partial charge in [0, 0.05) is 35.4 Å². The summed E-state index contributed by atoms with van der Waals surface area (Å²) < 4.78 is 5.98. The van der Waals surface area contributed by atoms with Crippen molar-refractivity contribution in [2.24, 2.45) is 0 Å². The van der Waals surface area contributed by atoms with E-state index in [9.17, 15) is 0 Å². The van der Waals surface area contributed by atoms with E-state index in [0.29, 0.717) is 12.5 Å². The molecule has 0 N–H and O–H groups in total. The molecule has 3 aromatic heterocycles. The first kappa shape index (κ1) is 19.2. The minimum atomic E-state index is 0. The third-order valence-corrected chi connectivity index (χ3v) is 4.68. The Kier molecular flexibility index (Phi) is 6.01. The van der Waals surface area contributed by atoms with Crippen LogP contribution in [0.4, 0.5) is 0 Å². The molecule has 0 unspecified atom stereocenters. The summed E-state index contributed by atoms with van der Waals surface area (Å²) in [5, 5.41) is 0. The Labute approximate surface area is 165 Å². The molecule has 0 saturated carbocycles. The van der Waals surface area contributed by atoms with Gasteiger partial charge in [-0.1, -0.05) is 6.07 Å². The van der Waals surface area contributed by atoms with Crippen LogP contribution in [-0.2, 0) is 19.4 Å². The predicted molar refractivity (Wildman–Crippen MR) is 107 cm³/mol. The molecule has 0 saturated heterocycles. The molecule has 140 valence electrons. The fourth-order valence-corrected chi connectivity index (χ4v) is 3.37. The van der Waals surface area contributed by atoms with Gasteiger partial charge < -0.3 is 4.74 Å². The molecule has 27 heavy (non-hydrogen) atoms. The second kappa shape index (κ2) is 8.44. The number of ether oxygens (including phenoxy) is 1. The number of aryl methyl sites for hydroxylation is 3. The van der Waals surface area contributed by atoms with Crippen molar-refractivity contribution < 1.29 is 4.74 Å². The number of halogens is 1. The standard InChI is InChI=1S/C21H22N4O.ClH/c1-14-6-5-7-17(24-14)13-26-21-10-19(16-11-22-15(2)23-12-16)18-8-3-4-9-20(18)25-21;/h5-7,10-12H,3-4,8-9,13H2,1-2H3;1H. The molecule has 0 aromatic carbocycles. The third-order valence-electron chi connectivity index (χ3n) is 4.68. The van der Waals surface area contributed by atoms with Gasteiger partial charge in [0.25, 0.3) is 0 Å². The number of hydrogen-bond acceptors (Lipinski definition) is 5. The summed E-state index contributed by atoms with van der Waals surface area (Å²) in [6.45, 7) is 4.29. The highest BCUT2D eigenvalue weighted by atomic mass is 35.5. The lowest BCUT2D eigenvalue weighted by Crippen LogP contribution is -2.10. The Balaban J connectivity index is 0.00000210. The molecule has 6 heteroatoms. The van der Waals surface area contributed by atoms with Crippen LogP contribution in [0.1, 0.15) is 41.3 Å². The van der Waals surface area contributed by atoms with Crippen LogP contribution in [0, 0.1) is 13.8 Å². The van der Waals surface area contributed by atoms with E-state index in [-0.39, 0.29) is 12.4 Å². The van der Waals surface area contributed by atoms with Crippen molar-refractivity contribution in [3.05, 3.63) is 65.1 Å². The predicted octanol–water partition coefficient (Wildman–Crippen LogP) is 4.43. The first-order chi connectivity index (χ1) is 12.7. The maximum atomic E-state index is 5.98. The second-order valence-electron chi connectivity index (χ2n) is 6.72. The van der Waals surface area contributed by atoms with Crippen LogP contribution in [0.25, 0.3) is 11.1 Å². The molecule has 0 aliphatic heterocycles. The van der Waals surface area contributed by atoms with Gasteiger partial charge in [-0.2, -0.15) is 0 Å². The van der Waals surface area contributed by atoms with E-state index >= 15 is 0 Å². The van der Waals surface area contributed by atoms with Crippen molar-refractivity contribution in [3.63, 3.8) is 0 Å².